The van der Waals surface area contributed by atoms with Crippen LogP contribution in [0.5, 0.6) is 5.06 Å². The minimum Gasteiger partial charge on any atom is -0.499 e. The molecule has 0 atom stereocenters. The van der Waals surface area contributed by atoms with Crippen LogP contribution in [0, 0.1) is 0 Å². The first-order valence-corrected chi connectivity index (χ1v) is 5.42. The number of hydrogen-bond donors (Lipinski definition) is 2. The van der Waals surface area contributed by atoms with Crippen LogP contribution in [0.25, 0.3) is 10.1 Å². The molecule has 2 aromatic rings. The molecule has 0 aliphatic heterocycles. The maximum absolute atomic E-state index is 9.62. The SMILES string of the molecule is CCc1c(O)sc2cc(S)ccc12. The van der Waals surface area contributed by atoms with Gasteiger partial charge in [-0.2, -0.15) is 0 Å². The number of fused-ring (bicyclic) bond motifs is 1. The number of aromatic hydroxyl groups is 1. The van der Waals surface area contributed by atoms with Crippen molar-refractivity contribution in [3.05, 3.63) is 23.8 Å². The van der Waals surface area contributed by atoms with Crippen LogP contribution in [0.1, 0.15) is 12.5 Å². The minimum atomic E-state index is 0.441. The second-order valence-corrected chi connectivity index (χ2v) is 4.47. The molecular weight excluding hydrogens is 200 g/mol. The Balaban J connectivity index is 2.79. The third kappa shape index (κ3) is 1.42. The van der Waals surface area contributed by atoms with Crippen LogP contribution in [0.4, 0.5) is 0 Å². The average molecular weight is 210 g/mol. The van der Waals surface area contributed by atoms with Crippen LogP contribution in [-0.2, 0) is 6.42 Å². The highest BCUT2D eigenvalue weighted by molar-refractivity contribution is 7.80. The molecule has 0 amide bonds. The van der Waals surface area contributed by atoms with Gasteiger partial charge in [0.25, 0.3) is 0 Å². The van der Waals surface area contributed by atoms with Gasteiger partial charge in [0.15, 0.2) is 5.06 Å². The lowest BCUT2D eigenvalue weighted by atomic mass is 10.1. The lowest BCUT2D eigenvalue weighted by Gasteiger charge is -1.94. The van der Waals surface area contributed by atoms with E-state index in [1.165, 1.54) is 11.3 Å². The van der Waals surface area contributed by atoms with E-state index in [4.69, 9.17) is 0 Å². The Morgan fingerprint density at radius 3 is 2.92 bits per heavy atom. The third-order valence-electron chi connectivity index (χ3n) is 2.11. The summed E-state index contributed by atoms with van der Waals surface area (Å²) in [5, 5.41) is 11.2. The number of aryl methyl sites for hydroxylation is 1. The van der Waals surface area contributed by atoms with Gasteiger partial charge in [0.2, 0.25) is 0 Å². The Morgan fingerprint density at radius 2 is 2.23 bits per heavy atom. The topological polar surface area (TPSA) is 20.2 Å². The highest BCUT2D eigenvalue weighted by atomic mass is 32.1. The molecule has 0 radical (unpaired) electrons. The highest BCUT2D eigenvalue weighted by Crippen LogP contribution is 2.37. The van der Waals surface area contributed by atoms with Gasteiger partial charge in [-0.1, -0.05) is 24.3 Å². The van der Waals surface area contributed by atoms with Gasteiger partial charge in [-0.25, -0.2) is 0 Å². The van der Waals surface area contributed by atoms with Crippen molar-refractivity contribution in [2.45, 2.75) is 18.2 Å². The number of thiophene rings is 1. The molecule has 1 N–H and O–H groups in total. The van der Waals surface area contributed by atoms with Gasteiger partial charge in [0.1, 0.15) is 0 Å². The van der Waals surface area contributed by atoms with Gasteiger partial charge < -0.3 is 5.11 Å². The van der Waals surface area contributed by atoms with E-state index in [2.05, 4.69) is 19.6 Å². The summed E-state index contributed by atoms with van der Waals surface area (Å²) < 4.78 is 1.11. The van der Waals surface area contributed by atoms with Crippen molar-refractivity contribution in [3.63, 3.8) is 0 Å². The number of rotatable bonds is 1. The molecule has 1 nitrogen and oxygen atoms in total. The Bertz CT molecular complexity index is 445. The minimum absolute atomic E-state index is 0.441. The van der Waals surface area contributed by atoms with E-state index in [0.717, 1.165) is 27.0 Å². The molecule has 1 heterocycles. The number of hydrogen-bond acceptors (Lipinski definition) is 3. The molecule has 13 heavy (non-hydrogen) atoms. The van der Waals surface area contributed by atoms with Gasteiger partial charge in [-0.15, -0.1) is 12.6 Å². The zero-order valence-corrected chi connectivity index (χ0v) is 8.95. The number of thiol groups is 1. The summed E-state index contributed by atoms with van der Waals surface area (Å²) >= 11 is 5.68. The monoisotopic (exact) mass is 210 g/mol. The van der Waals surface area contributed by atoms with E-state index in [-0.39, 0.29) is 0 Å². The van der Waals surface area contributed by atoms with E-state index in [1.54, 1.807) is 0 Å². The van der Waals surface area contributed by atoms with Crippen molar-refractivity contribution in [2.24, 2.45) is 0 Å². The second kappa shape index (κ2) is 3.24. The summed E-state index contributed by atoms with van der Waals surface area (Å²) in [5.41, 5.74) is 1.05. The van der Waals surface area contributed by atoms with Crippen molar-refractivity contribution < 1.29 is 5.11 Å². The quantitative estimate of drug-likeness (QED) is 0.691. The summed E-state index contributed by atoms with van der Waals surface area (Å²) in [6.07, 6.45) is 0.873. The fraction of sp³-hybridized carbons (Fsp3) is 0.200. The Hall–Kier alpha value is -0.670. The molecule has 1 aromatic carbocycles. The standard InChI is InChI=1S/C10H10OS2/c1-2-7-8-4-3-6(12)5-9(8)13-10(7)11/h3-5,11-12H,2H2,1H3. The van der Waals surface area contributed by atoms with Crippen molar-refractivity contribution in [1.29, 1.82) is 0 Å². The lowest BCUT2D eigenvalue weighted by Crippen LogP contribution is -1.76. The fourth-order valence-corrected chi connectivity index (χ4v) is 2.83. The summed E-state index contributed by atoms with van der Waals surface area (Å²) in [5.74, 6) is 0. The van der Waals surface area contributed by atoms with Crippen LogP contribution in [0.2, 0.25) is 0 Å². The van der Waals surface area contributed by atoms with Crippen LogP contribution in [-0.4, -0.2) is 5.11 Å². The average Bonchev–Trinajstić information content (AvgIpc) is 2.39. The highest BCUT2D eigenvalue weighted by Gasteiger charge is 2.08. The summed E-state index contributed by atoms with van der Waals surface area (Å²) in [6.45, 7) is 2.05. The molecule has 2 rings (SSSR count). The smallest absolute Gasteiger partial charge is 0.175 e. The normalized spacial score (nSPS) is 10.9. The van der Waals surface area contributed by atoms with Gasteiger partial charge >= 0.3 is 0 Å². The van der Waals surface area contributed by atoms with E-state index >= 15 is 0 Å². The molecule has 0 fully saturated rings. The third-order valence-corrected chi connectivity index (χ3v) is 3.38. The molecule has 0 aliphatic carbocycles. The van der Waals surface area contributed by atoms with Crippen LogP contribution < -0.4 is 0 Å². The van der Waals surface area contributed by atoms with Crippen molar-refractivity contribution in [2.75, 3.05) is 0 Å². The first kappa shape index (κ1) is 8.91. The lowest BCUT2D eigenvalue weighted by molar-refractivity contribution is 0.485. The van der Waals surface area contributed by atoms with Gasteiger partial charge in [-0.3, -0.25) is 0 Å². The molecule has 0 saturated carbocycles. The van der Waals surface area contributed by atoms with Crippen LogP contribution in [0.3, 0.4) is 0 Å². The Morgan fingerprint density at radius 1 is 1.46 bits per heavy atom. The zero-order chi connectivity index (χ0) is 9.42. The van der Waals surface area contributed by atoms with Crippen molar-refractivity contribution >= 4 is 34.1 Å². The second-order valence-electron chi connectivity index (χ2n) is 2.92. The molecule has 1 aromatic heterocycles. The fourth-order valence-electron chi connectivity index (χ4n) is 1.47. The summed E-state index contributed by atoms with van der Waals surface area (Å²) in [4.78, 5) is 0.941. The largest absolute Gasteiger partial charge is 0.499 e. The van der Waals surface area contributed by atoms with Gasteiger partial charge in [0.05, 0.1) is 0 Å². The van der Waals surface area contributed by atoms with Crippen molar-refractivity contribution in [3.8, 4) is 5.06 Å². The molecule has 0 saturated heterocycles. The first-order chi connectivity index (χ1) is 6.22. The predicted molar refractivity (Wildman–Crippen MR) is 60.1 cm³/mol. The maximum atomic E-state index is 9.62. The number of benzene rings is 1. The zero-order valence-electron chi connectivity index (χ0n) is 7.24. The van der Waals surface area contributed by atoms with Crippen LogP contribution in [0.15, 0.2) is 23.1 Å². The molecule has 3 heteroatoms. The van der Waals surface area contributed by atoms with E-state index < -0.39 is 0 Å². The summed E-state index contributed by atoms with van der Waals surface area (Å²) in [6, 6.07) is 5.96. The molecule has 0 spiro atoms. The Labute approximate surface area is 86.4 Å². The first-order valence-electron chi connectivity index (χ1n) is 4.15. The maximum Gasteiger partial charge on any atom is 0.175 e. The molecule has 68 valence electrons. The molecular formula is C10H10OS2. The molecule has 0 bridgehead atoms. The van der Waals surface area contributed by atoms with E-state index in [0.29, 0.717) is 5.06 Å². The van der Waals surface area contributed by atoms with Gasteiger partial charge in [0, 0.05) is 15.2 Å². The van der Waals surface area contributed by atoms with Gasteiger partial charge in [-0.05, 0) is 23.9 Å². The van der Waals surface area contributed by atoms with Crippen molar-refractivity contribution in [1.82, 2.24) is 0 Å². The summed E-state index contributed by atoms with van der Waals surface area (Å²) in [7, 11) is 0. The predicted octanol–water partition coefficient (Wildman–Crippen LogP) is 3.46. The Kier molecular flexibility index (Phi) is 2.22. The van der Waals surface area contributed by atoms with E-state index in [1.807, 2.05) is 18.2 Å². The molecule has 0 unspecified atom stereocenters. The van der Waals surface area contributed by atoms with Crippen LogP contribution >= 0.6 is 24.0 Å². The van der Waals surface area contributed by atoms with E-state index in [9.17, 15) is 5.11 Å². The molecule has 0 aliphatic rings.